The lowest BCUT2D eigenvalue weighted by molar-refractivity contribution is 0.0790. The van der Waals surface area contributed by atoms with E-state index in [0.29, 0.717) is 0 Å². The Kier molecular flexibility index (Phi) is 5.79. The van der Waals surface area contributed by atoms with Crippen LogP contribution in [-0.2, 0) is 11.3 Å². The number of nitriles is 1. The van der Waals surface area contributed by atoms with E-state index in [1.807, 2.05) is 30.3 Å². The van der Waals surface area contributed by atoms with Gasteiger partial charge in [0.25, 0.3) is 0 Å². The van der Waals surface area contributed by atoms with Gasteiger partial charge in [-0.3, -0.25) is 4.90 Å². The number of aliphatic hydroxyl groups excluding tert-OH is 1. The molecule has 0 radical (unpaired) electrons. The van der Waals surface area contributed by atoms with Crippen molar-refractivity contribution in [3.63, 3.8) is 0 Å². The van der Waals surface area contributed by atoms with E-state index in [1.54, 1.807) is 7.05 Å². The summed E-state index contributed by atoms with van der Waals surface area (Å²) in [4.78, 5) is 13.5. The minimum atomic E-state index is -0.553. The Morgan fingerprint density at radius 1 is 1.45 bits per heavy atom. The van der Waals surface area contributed by atoms with Gasteiger partial charge in [-0.1, -0.05) is 36.8 Å². The number of nitrogens with zero attached hydrogens (tertiary/aromatic N) is 2. The van der Waals surface area contributed by atoms with Crippen LogP contribution in [0.15, 0.2) is 30.3 Å². The molecular weight excluding hydrogens is 280 g/mol. The molecule has 1 aromatic rings. The fourth-order valence-electron chi connectivity index (χ4n) is 3.11. The summed E-state index contributed by atoms with van der Waals surface area (Å²) in [5.41, 5.74) is 0.909. The predicted octanol–water partition coefficient (Wildman–Crippen LogP) is 2.56. The fraction of sp³-hybridized carbons (Fsp3) is 0.529. The molecule has 3 unspecified atom stereocenters. The quantitative estimate of drug-likeness (QED) is 0.907. The molecule has 1 fully saturated rings. The Morgan fingerprint density at radius 3 is 2.82 bits per heavy atom. The van der Waals surface area contributed by atoms with E-state index in [1.165, 1.54) is 4.90 Å². The van der Waals surface area contributed by atoms with Gasteiger partial charge in [-0.25, -0.2) is 4.79 Å². The number of aliphatic hydroxyl groups is 1. The second kappa shape index (κ2) is 7.81. The highest BCUT2D eigenvalue weighted by Crippen LogP contribution is 2.35. The van der Waals surface area contributed by atoms with Gasteiger partial charge in [0.15, 0.2) is 0 Å². The lowest BCUT2D eigenvalue weighted by Gasteiger charge is -2.29. The summed E-state index contributed by atoms with van der Waals surface area (Å²) in [6.45, 7) is 0.256. The Bertz CT molecular complexity index is 526. The summed E-state index contributed by atoms with van der Waals surface area (Å²) in [5.74, 6) is 0.110. The van der Waals surface area contributed by atoms with Gasteiger partial charge in [0, 0.05) is 13.7 Å². The summed E-state index contributed by atoms with van der Waals surface area (Å²) in [5, 5.41) is 18.8. The average molecular weight is 302 g/mol. The molecule has 0 aromatic heterocycles. The van der Waals surface area contributed by atoms with Gasteiger partial charge in [-0.15, -0.1) is 0 Å². The van der Waals surface area contributed by atoms with Crippen molar-refractivity contribution in [2.24, 2.45) is 11.8 Å². The molecule has 22 heavy (non-hydrogen) atoms. The SMILES string of the molecule is CN(C(=O)OCc1ccccc1)C(C#N)C1CCCC1CO. The molecular formula is C17H22N2O3. The summed E-state index contributed by atoms with van der Waals surface area (Å²) < 4.78 is 5.27. The first-order chi connectivity index (χ1) is 10.7. The van der Waals surface area contributed by atoms with E-state index in [-0.39, 0.29) is 25.0 Å². The first-order valence-electron chi connectivity index (χ1n) is 7.61. The highest BCUT2D eigenvalue weighted by atomic mass is 16.6. The monoisotopic (exact) mass is 302 g/mol. The van der Waals surface area contributed by atoms with Crippen LogP contribution in [0.1, 0.15) is 24.8 Å². The van der Waals surface area contributed by atoms with Crippen LogP contribution in [0.25, 0.3) is 0 Å². The molecule has 1 saturated carbocycles. The van der Waals surface area contributed by atoms with Crippen molar-refractivity contribution >= 4 is 6.09 Å². The Hall–Kier alpha value is -2.06. The maximum Gasteiger partial charge on any atom is 0.410 e. The number of hydrogen-bond donors (Lipinski definition) is 1. The minimum absolute atomic E-state index is 0.0178. The second-order valence-electron chi connectivity index (χ2n) is 5.76. The van der Waals surface area contributed by atoms with Crippen molar-refractivity contribution in [2.45, 2.75) is 31.9 Å². The first-order valence-corrected chi connectivity index (χ1v) is 7.61. The minimum Gasteiger partial charge on any atom is -0.445 e. The van der Waals surface area contributed by atoms with Crippen LogP contribution in [0, 0.1) is 23.2 Å². The number of hydrogen-bond acceptors (Lipinski definition) is 4. The number of carbonyl (C=O) groups is 1. The van der Waals surface area contributed by atoms with E-state index < -0.39 is 12.1 Å². The number of benzene rings is 1. The van der Waals surface area contributed by atoms with Gasteiger partial charge in [-0.2, -0.15) is 5.26 Å². The lowest BCUT2D eigenvalue weighted by Crippen LogP contribution is -2.43. The zero-order valence-electron chi connectivity index (χ0n) is 12.8. The van der Waals surface area contributed by atoms with Crippen LogP contribution in [0.4, 0.5) is 4.79 Å². The van der Waals surface area contributed by atoms with Crippen LogP contribution < -0.4 is 0 Å². The zero-order valence-corrected chi connectivity index (χ0v) is 12.8. The third kappa shape index (κ3) is 3.77. The van der Waals surface area contributed by atoms with E-state index in [9.17, 15) is 15.2 Å². The molecule has 118 valence electrons. The summed E-state index contributed by atoms with van der Waals surface area (Å²) in [6, 6.07) is 11.1. The smallest absolute Gasteiger partial charge is 0.410 e. The zero-order chi connectivity index (χ0) is 15.9. The molecule has 3 atom stereocenters. The molecule has 1 aliphatic rings. The van der Waals surface area contributed by atoms with Crippen LogP contribution in [0.5, 0.6) is 0 Å². The van der Waals surface area contributed by atoms with Crippen molar-refractivity contribution < 1.29 is 14.6 Å². The molecule has 2 rings (SSSR count). The molecule has 1 N–H and O–H groups in total. The normalized spacial score (nSPS) is 21.9. The molecule has 5 heteroatoms. The van der Waals surface area contributed by atoms with Gasteiger partial charge in [0.2, 0.25) is 0 Å². The van der Waals surface area contributed by atoms with Crippen molar-refractivity contribution in [3.8, 4) is 6.07 Å². The van der Waals surface area contributed by atoms with E-state index in [4.69, 9.17) is 4.74 Å². The molecule has 0 spiro atoms. The molecule has 5 nitrogen and oxygen atoms in total. The largest absolute Gasteiger partial charge is 0.445 e. The van der Waals surface area contributed by atoms with Gasteiger partial charge in [0.1, 0.15) is 12.6 Å². The summed E-state index contributed by atoms with van der Waals surface area (Å²) in [7, 11) is 1.59. The van der Waals surface area contributed by atoms with Crippen LogP contribution in [0.3, 0.4) is 0 Å². The molecule has 0 saturated heterocycles. The third-order valence-electron chi connectivity index (χ3n) is 4.40. The Labute approximate surface area is 131 Å². The highest BCUT2D eigenvalue weighted by molar-refractivity contribution is 5.68. The van der Waals surface area contributed by atoms with E-state index in [0.717, 1.165) is 24.8 Å². The van der Waals surface area contributed by atoms with Gasteiger partial charge < -0.3 is 9.84 Å². The van der Waals surface area contributed by atoms with Gasteiger partial charge in [0.05, 0.1) is 6.07 Å². The molecule has 0 bridgehead atoms. The maximum atomic E-state index is 12.2. The van der Waals surface area contributed by atoms with Crippen molar-refractivity contribution in [1.82, 2.24) is 4.90 Å². The van der Waals surface area contributed by atoms with E-state index in [2.05, 4.69) is 6.07 Å². The molecule has 0 aliphatic heterocycles. The van der Waals surface area contributed by atoms with Crippen LogP contribution >= 0.6 is 0 Å². The highest BCUT2D eigenvalue weighted by Gasteiger charge is 2.37. The summed E-state index contributed by atoms with van der Waals surface area (Å²) >= 11 is 0. The van der Waals surface area contributed by atoms with E-state index >= 15 is 0 Å². The fourth-order valence-corrected chi connectivity index (χ4v) is 3.11. The van der Waals surface area contributed by atoms with Gasteiger partial charge >= 0.3 is 6.09 Å². The molecule has 1 aromatic carbocycles. The van der Waals surface area contributed by atoms with Crippen molar-refractivity contribution in [3.05, 3.63) is 35.9 Å². The standard InChI is InChI=1S/C17H22N2O3/c1-19(16(10-18)15-9-5-8-14(15)11-20)17(21)22-12-13-6-3-2-4-7-13/h2-4,6-7,14-16,20H,5,8-9,11-12H2,1H3. The Morgan fingerprint density at radius 2 is 2.18 bits per heavy atom. The number of carbonyl (C=O) groups excluding carboxylic acids is 1. The van der Waals surface area contributed by atoms with Crippen molar-refractivity contribution in [2.75, 3.05) is 13.7 Å². The average Bonchev–Trinajstić information content (AvgIpc) is 3.02. The Balaban J connectivity index is 1.94. The predicted molar refractivity (Wildman–Crippen MR) is 81.7 cm³/mol. The summed E-state index contributed by atoms with van der Waals surface area (Å²) in [6.07, 6.45) is 2.26. The molecule has 0 heterocycles. The maximum absolute atomic E-state index is 12.2. The lowest BCUT2D eigenvalue weighted by atomic mass is 9.89. The molecule has 1 amide bonds. The van der Waals surface area contributed by atoms with Crippen LogP contribution in [0.2, 0.25) is 0 Å². The van der Waals surface area contributed by atoms with Crippen molar-refractivity contribution in [1.29, 1.82) is 5.26 Å². The number of amides is 1. The first kappa shape index (κ1) is 16.3. The molecule has 1 aliphatic carbocycles. The third-order valence-corrected chi connectivity index (χ3v) is 4.40. The topological polar surface area (TPSA) is 73.6 Å². The van der Waals surface area contributed by atoms with Crippen LogP contribution in [-0.4, -0.2) is 35.8 Å². The van der Waals surface area contributed by atoms with Gasteiger partial charge in [-0.05, 0) is 30.2 Å². The second-order valence-corrected chi connectivity index (χ2v) is 5.76. The number of rotatable bonds is 5. The number of ether oxygens (including phenoxy) is 1.